The van der Waals surface area contributed by atoms with E-state index >= 15 is 0 Å². The topological polar surface area (TPSA) is 120 Å². The fourth-order valence-electron chi connectivity index (χ4n) is 6.14. The second kappa shape index (κ2) is 5.78. The summed E-state index contributed by atoms with van der Waals surface area (Å²) in [6.45, 7) is -0.265. The van der Waals surface area contributed by atoms with Crippen LogP contribution in [-0.4, -0.2) is 42.0 Å². The van der Waals surface area contributed by atoms with Gasteiger partial charge in [-0.25, -0.2) is 4.98 Å². The molecule has 4 bridgehead atoms. The molecule has 7 rings (SSSR count). The van der Waals surface area contributed by atoms with Crippen LogP contribution < -0.4 is 5.32 Å². The summed E-state index contributed by atoms with van der Waals surface area (Å²) in [4.78, 5) is 11.9. The summed E-state index contributed by atoms with van der Waals surface area (Å²) in [7, 11) is 0. The van der Waals surface area contributed by atoms with Crippen LogP contribution in [0.1, 0.15) is 37.9 Å². The molecule has 3 aromatic heterocycles. The van der Waals surface area contributed by atoms with Gasteiger partial charge in [0.05, 0.1) is 16.9 Å². The van der Waals surface area contributed by atoms with Crippen LogP contribution in [0, 0.1) is 17.8 Å². The molecule has 4 aliphatic rings. The van der Waals surface area contributed by atoms with Crippen LogP contribution in [0.15, 0.2) is 23.0 Å². The van der Waals surface area contributed by atoms with E-state index in [2.05, 4.69) is 25.4 Å². The molecule has 3 heterocycles. The van der Waals surface area contributed by atoms with Crippen molar-refractivity contribution in [3.8, 4) is 11.5 Å². The van der Waals surface area contributed by atoms with Crippen molar-refractivity contribution in [2.24, 2.45) is 17.8 Å². The predicted molar refractivity (Wildman–Crippen MR) is 101 cm³/mol. The molecule has 0 radical (unpaired) electrons. The Morgan fingerprint density at radius 3 is 2.79 bits per heavy atom. The number of nitrogens with one attached hydrogen (secondary N) is 2. The van der Waals surface area contributed by atoms with Crippen molar-refractivity contribution in [1.29, 1.82) is 0 Å². The lowest BCUT2D eigenvalue weighted by molar-refractivity contribution is -0.129. The largest absolute Gasteiger partial charge is 0.390 e. The molecular weight excluding hydrogens is 358 g/mol. The maximum absolute atomic E-state index is 10.9. The van der Waals surface area contributed by atoms with Gasteiger partial charge in [-0.2, -0.15) is 4.98 Å². The summed E-state index contributed by atoms with van der Waals surface area (Å²) >= 11 is 0. The van der Waals surface area contributed by atoms with Gasteiger partial charge in [-0.05, 0) is 55.9 Å². The molecule has 0 saturated heterocycles. The summed E-state index contributed by atoms with van der Waals surface area (Å²) in [5.74, 6) is 2.22. The molecule has 4 aliphatic carbocycles. The number of nitrogens with zero attached hydrogens (tertiary/aromatic N) is 3. The van der Waals surface area contributed by atoms with E-state index < -0.39 is 5.60 Å². The first-order valence-electron chi connectivity index (χ1n) is 10.0. The van der Waals surface area contributed by atoms with E-state index in [4.69, 9.17) is 4.52 Å². The van der Waals surface area contributed by atoms with Crippen LogP contribution in [0.4, 0.5) is 5.69 Å². The predicted octanol–water partition coefficient (Wildman–Crippen LogP) is 2.46. The van der Waals surface area contributed by atoms with Crippen molar-refractivity contribution in [1.82, 2.24) is 20.1 Å². The third-order valence-corrected chi connectivity index (χ3v) is 6.98. The quantitative estimate of drug-likeness (QED) is 0.548. The van der Waals surface area contributed by atoms with Gasteiger partial charge in [-0.15, -0.1) is 0 Å². The number of fused-ring (bicyclic) bond motifs is 1. The Kier molecular flexibility index (Phi) is 3.40. The van der Waals surface area contributed by atoms with Gasteiger partial charge in [0.2, 0.25) is 0 Å². The number of aliphatic hydroxyl groups is 2. The zero-order valence-corrected chi connectivity index (χ0v) is 15.4. The van der Waals surface area contributed by atoms with Gasteiger partial charge < -0.3 is 25.0 Å². The normalized spacial score (nSPS) is 33.6. The molecule has 0 spiro atoms. The smallest absolute Gasteiger partial charge is 0.261 e. The van der Waals surface area contributed by atoms with E-state index in [0.29, 0.717) is 29.7 Å². The highest BCUT2D eigenvalue weighted by molar-refractivity contribution is 5.97. The van der Waals surface area contributed by atoms with Crippen LogP contribution in [0.3, 0.4) is 0 Å². The van der Waals surface area contributed by atoms with Crippen LogP contribution in [0.25, 0.3) is 22.5 Å². The van der Waals surface area contributed by atoms with Gasteiger partial charge >= 0.3 is 0 Å². The molecule has 146 valence electrons. The number of anilines is 1. The van der Waals surface area contributed by atoms with Crippen LogP contribution in [-0.2, 0) is 6.61 Å². The maximum Gasteiger partial charge on any atom is 0.261 e. The highest BCUT2D eigenvalue weighted by atomic mass is 16.5. The SMILES string of the molecule is OCc1noc(-c2cnc3[nH]ccc3c2N[C@@H]2[C@@H]3CC4C[C@H]2CC(O)(C4)C3)n1. The molecule has 8 nitrogen and oxygen atoms in total. The minimum Gasteiger partial charge on any atom is -0.390 e. The van der Waals surface area contributed by atoms with Gasteiger partial charge in [0.15, 0.2) is 5.82 Å². The summed E-state index contributed by atoms with van der Waals surface area (Å²) in [5.41, 5.74) is 2.02. The monoisotopic (exact) mass is 381 g/mol. The van der Waals surface area contributed by atoms with Crippen LogP contribution in [0.5, 0.6) is 0 Å². The van der Waals surface area contributed by atoms with Gasteiger partial charge in [0.1, 0.15) is 12.3 Å². The van der Waals surface area contributed by atoms with E-state index in [1.807, 2.05) is 12.3 Å². The Bertz CT molecular complexity index is 1030. The van der Waals surface area contributed by atoms with Gasteiger partial charge in [-0.1, -0.05) is 5.16 Å². The standard InChI is InChI=1S/C20H23N5O3/c26-9-15-23-19(28-25-15)14-8-22-18-13(1-2-21-18)17(14)24-16-11-3-10-4-12(16)7-20(27,5-10)6-11/h1-2,8,10-12,16,26-27H,3-7,9H2,(H2,21,22,24)/t10?,11-,12+,16-,20?. The van der Waals surface area contributed by atoms with Crippen molar-refractivity contribution in [2.45, 2.75) is 50.4 Å². The number of rotatable bonds is 4. The molecule has 0 aromatic carbocycles. The van der Waals surface area contributed by atoms with Crippen LogP contribution in [0.2, 0.25) is 0 Å². The fourth-order valence-corrected chi connectivity index (χ4v) is 6.14. The Morgan fingerprint density at radius 1 is 1.25 bits per heavy atom. The number of aromatic nitrogens is 4. The number of hydrogen-bond acceptors (Lipinski definition) is 7. The molecule has 8 heteroatoms. The number of pyridine rings is 1. The lowest BCUT2D eigenvalue weighted by Gasteiger charge is -2.58. The highest BCUT2D eigenvalue weighted by Crippen LogP contribution is 2.56. The number of aromatic amines is 1. The molecule has 3 aromatic rings. The molecule has 4 N–H and O–H groups in total. The number of H-pyrrole nitrogens is 1. The Hall–Kier alpha value is -2.45. The lowest BCUT2D eigenvalue weighted by atomic mass is 9.52. The van der Waals surface area contributed by atoms with Gasteiger partial charge in [0.25, 0.3) is 5.89 Å². The molecule has 0 amide bonds. The zero-order chi connectivity index (χ0) is 18.9. The zero-order valence-electron chi connectivity index (χ0n) is 15.4. The lowest BCUT2D eigenvalue weighted by Crippen LogP contribution is -2.59. The first kappa shape index (κ1) is 16.5. The Balaban J connectivity index is 1.42. The van der Waals surface area contributed by atoms with Crippen molar-refractivity contribution < 1.29 is 14.7 Å². The third-order valence-electron chi connectivity index (χ3n) is 6.98. The molecule has 0 aliphatic heterocycles. The third kappa shape index (κ3) is 2.41. The molecule has 2 unspecified atom stereocenters. The molecule has 4 fully saturated rings. The second-order valence-corrected chi connectivity index (χ2v) is 8.83. The average Bonchev–Trinajstić information content (AvgIpc) is 3.32. The summed E-state index contributed by atoms with van der Waals surface area (Å²) in [5, 5.41) is 28.8. The first-order valence-corrected chi connectivity index (χ1v) is 10.0. The van der Waals surface area contributed by atoms with Crippen molar-refractivity contribution >= 4 is 16.7 Å². The second-order valence-electron chi connectivity index (χ2n) is 8.83. The Morgan fingerprint density at radius 2 is 2.07 bits per heavy atom. The average molecular weight is 381 g/mol. The number of aliphatic hydroxyl groups excluding tert-OH is 1. The minimum atomic E-state index is -0.457. The fraction of sp³-hybridized carbons (Fsp3) is 0.550. The minimum absolute atomic E-state index is 0.256. The van der Waals surface area contributed by atoms with Crippen molar-refractivity contribution in [3.63, 3.8) is 0 Å². The summed E-state index contributed by atoms with van der Waals surface area (Å²) in [6.07, 6.45) is 8.71. The van der Waals surface area contributed by atoms with E-state index in [1.165, 1.54) is 12.8 Å². The van der Waals surface area contributed by atoms with E-state index in [1.54, 1.807) is 6.20 Å². The van der Waals surface area contributed by atoms with Crippen molar-refractivity contribution in [3.05, 3.63) is 24.3 Å². The maximum atomic E-state index is 10.9. The van der Waals surface area contributed by atoms with Gasteiger partial charge in [-0.3, -0.25) is 0 Å². The van der Waals surface area contributed by atoms with E-state index in [0.717, 1.165) is 41.5 Å². The summed E-state index contributed by atoms with van der Waals surface area (Å²) in [6, 6.07) is 2.32. The molecule has 4 saturated carbocycles. The number of hydrogen-bond donors (Lipinski definition) is 4. The first-order chi connectivity index (χ1) is 13.6. The van der Waals surface area contributed by atoms with E-state index in [9.17, 15) is 10.2 Å². The Labute approximate surface area is 161 Å². The molecule has 28 heavy (non-hydrogen) atoms. The highest BCUT2D eigenvalue weighted by Gasteiger charge is 2.54. The van der Waals surface area contributed by atoms with E-state index in [-0.39, 0.29) is 12.4 Å². The molecular formula is C20H23N5O3. The molecule has 5 atom stereocenters. The van der Waals surface area contributed by atoms with Gasteiger partial charge in [0, 0.05) is 23.8 Å². The van der Waals surface area contributed by atoms with Crippen LogP contribution >= 0.6 is 0 Å². The van der Waals surface area contributed by atoms with Crippen molar-refractivity contribution in [2.75, 3.05) is 5.32 Å². The summed E-state index contributed by atoms with van der Waals surface area (Å²) < 4.78 is 5.38.